The zero-order valence-corrected chi connectivity index (χ0v) is 17.2. The Labute approximate surface area is 169 Å². The molecule has 4 rings (SSSR count). The largest absolute Gasteiger partial charge is 0.465 e. The number of nitrogens with zero attached hydrogens (tertiary/aromatic N) is 5. The van der Waals surface area contributed by atoms with Crippen molar-refractivity contribution in [1.29, 1.82) is 0 Å². The predicted octanol–water partition coefficient (Wildman–Crippen LogP) is 2.83. The van der Waals surface area contributed by atoms with E-state index in [0.29, 0.717) is 43.3 Å². The molecule has 9 nitrogen and oxygen atoms in total. The third-order valence-electron chi connectivity index (χ3n) is 6.37. The number of hydrogen-bond donors (Lipinski definition) is 2. The number of carbonyl (C=O) groups excluding carboxylic acids is 1. The van der Waals surface area contributed by atoms with Gasteiger partial charge in [0.1, 0.15) is 5.82 Å². The van der Waals surface area contributed by atoms with E-state index in [1.54, 1.807) is 20.5 Å². The highest BCUT2D eigenvalue weighted by molar-refractivity contribution is 5.94. The predicted molar refractivity (Wildman–Crippen MR) is 109 cm³/mol. The quantitative estimate of drug-likeness (QED) is 0.818. The van der Waals surface area contributed by atoms with E-state index >= 15 is 0 Å². The summed E-state index contributed by atoms with van der Waals surface area (Å²) in [4.78, 5) is 31.7. The Hall–Kier alpha value is -2.84. The SMILES string of the molecule is CC(C)(C)C1(CNc2ccc3ncc(N4CCCC4=O)n3n2)CCCN1C(=O)O. The maximum atomic E-state index is 12.1. The Balaban J connectivity index is 1.62. The van der Waals surface area contributed by atoms with Gasteiger partial charge in [-0.1, -0.05) is 20.8 Å². The molecular weight excluding hydrogens is 372 g/mol. The lowest BCUT2D eigenvalue weighted by Crippen LogP contribution is -2.59. The normalized spacial score (nSPS) is 22.7. The summed E-state index contributed by atoms with van der Waals surface area (Å²) in [6.07, 6.45) is 3.83. The first-order valence-electron chi connectivity index (χ1n) is 10.1. The van der Waals surface area contributed by atoms with E-state index < -0.39 is 11.6 Å². The van der Waals surface area contributed by atoms with E-state index in [-0.39, 0.29) is 11.3 Å². The van der Waals surface area contributed by atoms with Crippen LogP contribution in [-0.4, -0.2) is 61.8 Å². The number of carboxylic acid groups (broad SMARTS) is 1. The lowest BCUT2D eigenvalue weighted by Gasteiger charge is -2.47. The van der Waals surface area contributed by atoms with Crippen LogP contribution in [-0.2, 0) is 4.79 Å². The molecule has 0 bridgehead atoms. The number of carbonyl (C=O) groups is 2. The molecule has 9 heteroatoms. The summed E-state index contributed by atoms with van der Waals surface area (Å²) in [6, 6.07) is 3.70. The molecule has 2 aliphatic rings. The summed E-state index contributed by atoms with van der Waals surface area (Å²) in [7, 11) is 0. The Bertz CT molecular complexity index is 949. The molecule has 2 fully saturated rings. The van der Waals surface area contributed by atoms with E-state index in [4.69, 9.17) is 0 Å². The first kappa shape index (κ1) is 19.5. The van der Waals surface area contributed by atoms with E-state index in [9.17, 15) is 14.7 Å². The van der Waals surface area contributed by atoms with Crippen LogP contribution in [0.25, 0.3) is 5.65 Å². The molecule has 2 aromatic rings. The molecule has 2 saturated heterocycles. The first-order valence-corrected chi connectivity index (χ1v) is 10.1. The van der Waals surface area contributed by atoms with Crippen LogP contribution in [0.1, 0.15) is 46.5 Å². The zero-order chi connectivity index (χ0) is 20.8. The summed E-state index contributed by atoms with van der Waals surface area (Å²) in [5.74, 6) is 1.38. The van der Waals surface area contributed by atoms with Crippen molar-refractivity contribution in [3.05, 3.63) is 18.3 Å². The number of fused-ring (bicyclic) bond motifs is 1. The summed E-state index contributed by atoms with van der Waals surface area (Å²) in [5, 5.41) is 17.7. The van der Waals surface area contributed by atoms with Crippen LogP contribution in [0.15, 0.2) is 18.3 Å². The van der Waals surface area contributed by atoms with Gasteiger partial charge < -0.3 is 15.3 Å². The van der Waals surface area contributed by atoms with Gasteiger partial charge >= 0.3 is 6.09 Å². The Kier molecular flexibility index (Phi) is 4.63. The highest BCUT2D eigenvalue weighted by Crippen LogP contribution is 2.43. The van der Waals surface area contributed by atoms with Crippen molar-refractivity contribution in [1.82, 2.24) is 19.5 Å². The topological polar surface area (TPSA) is 103 Å². The van der Waals surface area contributed by atoms with Crippen LogP contribution in [0.5, 0.6) is 0 Å². The van der Waals surface area contributed by atoms with Crippen LogP contribution < -0.4 is 10.2 Å². The second kappa shape index (κ2) is 6.89. The average Bonchev–Trinajstić information content (AvgIpc) is 3.36. The van der Waals surface area contributed by atoms with Gasteiger partial charge in [-0.2, -0.15) is 4.52 Å². The molecular formula is C20H28N6O3. The maximum absolute atomic E-state index is 12.1. The molecule has 0 aliphatic carbocycles. The van der Waals surface area contributed by atoms with Crippen LogP contribution in [0, 0.1) is 5.41 Å². The van der Waals surface area contributed by atoms with Gasteiger partial charge in [-0.25, -0.2) is 9.78 Å². The zero-order valence-electron chi connectivity index (χ0n) is 17.2. The van der Waals surface area contributed by atoms with Gasteiger partial charge in [-0.15, -0.1) is 5.10 Å². The van der Waals surface area contributed by atoms with Crippen molar-refractivity contribution in [2.24, 2.45) is 5.41 Å². The molecule has 1 atom stereocenters. The number of anilines is 2. The molecule has 1 unspecified atom stereocenters. The Morgan fingerprint density at radius 1 is 1.28 bits per heavy atom. The number of likely N-dealkylation sites (tertiary alicyclic amines) is 1. The van der Waals surface area contributed by atoms with Crippen molar-refractivity contribution in [3.63, 3.8) is 0 Å². The number of aromatic nitrogens is 3. The van der Waals surface area contributed by atoms with E-state index in [0.717, 1.165) is 19.3 Å². The van der Waals surface area contributed by atoms with Gasteiger partial charge in [0.15, 0.2) is 11.5 Å². The number of nitrogens with one attached hydrogen (secondary N) is 1. The maximum Gasteiger partial charge on any atom is 0.407 e. The van der Waals surface area contributed by atoms with E-state index in [1.165, 1.54) is 0 Å². The fourth-order valence-corrected chi connectivity index (χ4v) is 4.65. The molecule has 0 aromatic carbocycles. The third kappa shape index (κ3) is 3.18. The van der Waals surface area contributed by atoms with E-state index in [2.05, 4.69) is 36.2 Å². The molecule has 2 aliphatic heterocycles. The summed E-state index contributed by atoms with van der Waals surface area (Å²) in [6.45, 7) is 7.93. The number of amides is 2. The van der Waals surface area contributed by atoms with Crippen LogP contribution in [0.3, 0.4) is 0 Å². The van der Waals surface area contributed by atoms with Crippen molar-refractivity contribution in [2.45, 2.75) is 52.0 Å². The fourth-order valence-electron chi connectivity index (χ4n) is 4.65. The Morgan fingerprint density at radius 3 is 2.72 bits per heavy atom. The number of imidazole rings is 1. The van der Waals surface area contributed by atoms with E-state index in [1.807, 2.05) is 12.1 Å². The molecule has 29 heavy (non-hydrogen) atoms. The summed E-state index contributed by atoms with van der Waals surface area (Å²) in [5.41, 5.74) is -0.0805. The van der Waals surface area contributed by atoms with Gasteiger partial charge in [0.05, 0.1) is 11.7 Å². The second-order valence-corrected chi connectivity index (χ2v) is 8.93. The van der Waals surface area contributed by atoms with Gasteiger partial charge in [0, 0.05) is 26.1 Å². The van der Waals surface area contributed by atoms with Gasteiger partial charge in [-0.05, 0) is 36.8 Å². The lowest BCUT2D eigenvalue weighted by atomic mass is 9.71. The van der Waals surface area contributed by atoms with Crippen molar-refractivity contribution in [2.75, 3.05) is 29.9 Å². The molecule has 2 amide bonds. The molecule has 156 valence electrons. The van der Waals surface area contributed by atoms with Gasteiger partial charge in [0.2, 0.25) is 5.91 Å². The highest BCUT2D eigenvalue weighted by Gasteiger charge is 2.51. The third-order valence-corrected chi connectivity index (χ3v) is 6.37. The molecule has 4 heterocycles. The summed E-state index contributed by atoms with van der Waals surface area (Å²) >= 11 is 0. The summed E-state index contributed by atoms with van der Waals surface area (Å²) < 4.78 is 1.68. The lowest BCUT2D eigenvalue weighted by molar-refractivity contribution is -0.117. The standard InChI is InChI=1S/C20H28N6O3/c1-19(2,3)20(9-5-11-25(20)18(28)29)13-22-14-7-8-15-21-12-16(26(15)23-14)24-10-4-6-17(24)27/h7-8,12H,4-6,9-11,13H2,1-3H3,(H,22,23)(H,28,29). The highest BCUT2D eigenvalue weighted by atomic mass is 16.4. The molecule has 2 aromatic heterocycles. The number of rotatable bonds is 4. The number of hydrogen-bond acceptors (Lipinski definition) is 5. The molecule has 0 spiro atoms. The fraction of sp³-hybridized carbons (Fsp3) is 0.600. The monoisotopic (exact) mass is 400 g/mol. The first-order chi connectivity index (χ1) is 13.7. The van der Waals surface area contributed by atoms with Crippen molar-refractivity contribution < 1.29 is 14.7 Å². The van der Waals surface area contributed by atoms with Gasteiger partial charge in [0.25, 0.3) is 0 Å². The average molecular weight is 400 g/mol. The molecule has 2 N–H and O–H groups in total. The van der Waals surface area contributed by atoms with Crippen molar-refractivity contribution >= 4 is 29.3 Å². The van der Waals surface area contributed by atoms with Crippen LogP contribution in [0.2, 0.25) is 0 Å². The van der Waals surface area contributed by atoms with Crippen LogP contribution >= 0.6 is 0 Å². The molecule has 0 radical (unpaired) electrons. The van der Waals surface area contributed by atoms with Gasteiger partial charge in [-0.3, -0.25) is 9.69 Å². The Morgan fingerprint density at radius 2 is 2.07 bits per heavy atom. The minimum atomic E-state index is -0.882. The minimum Gasteiger partial charge on any atom is -0.465 e. The molecule has 0 saturated carbocycles. The van der Waals surface area contributed by atoms with Crippen LogP contribution in [0.4, 0.5) is 16.4 Å². The minimum absolute atomic E-state index is 0.0849. The second-order valence-electron chi connectivity index (χ2n) is 8.93. The van der Waals surface area contributed by atoms with Crippen molar-refractivity contribution in [3.8, 4) is 0 Å². The smallest absolute Gasteiger partial charge is 0.407 e.